The Morgan fingerprint density at radius 2 is 2.00 bits per heavy atom. The van der Waals surface area contributed by atoms with Gasteiger partial charge in [-0.05, 0) is 32.4 Å². The van der Waals surface area contributed by atoms with Crippen molar-refractivity contribution in [3.8, 4) is 11.3 Å². The molecular formula is C17H20N2O. The molecule has 0 spiro atoms. The van der Waals surface area contributed by atoms with Crippen molar-refractivity contribution in [1.82, 2.24) is 4.57 Å². The normalized spacial score (nSPS) is 10.6. The molecule has 1 heterocycles. The molecule has 2 aromatic rings. The third kappa shape index (κ3) is 2.39. The summed E-state index contributed by atoms with van der Waals surface area (Å²) in [6.45, 7) is 10.5. The molecule has 0 bridgehead atoms. The number of carbonyl (C=O) groups excluding carboxylic acids is 1. The van der Waals surface area contributed by atoms with Crippen molar-refractivity contribution in [1.29, 1.82) is 0 Å². The van der Waals surface area contributed by atoms with Crippen LogP contribution in [0, 0.1) is 20.8 Å². The van der Waals surface area contributed by atoms with Crippen molar-refractivity contribution in [2.45, 2.75) is 27.3 Å². The summed E-state index contributed by atoms with van der Waals surface area (Å²) in [6.07, 6.45) is 1.82. The van der Waals surface area contributed by atoms with Crippen LogP contribution in [0.1, 0.15) is 27.2 Å². The van der Waals surface area contributed by atoms with Crippen LogP contribution in [0.4, 0.5) is 0 Å². The first kappa shape index (κ1) is 14.1. The number of carbonyl (C=O) groups is 1. The third-order valence-electron chi connectivity index (χ3n) is 3.60. The molecule has 0 saturated carbocycles. The minimum Gasteiger partial charge on any atom is -0.366 e. The number of nitrogens with two attached hydrogens (primary N) is 1. The maximum absolute atomic E-state index is 11.5. The Bertz CT molecular complexity index is 681. The molecule has 0 saturated heterocycles. The Morgan fingerprint density at radius 1 is 1.30 bits per heavy atom. The van der Waals surface area contributed by atoms with Crippen molar-refractivity contribution in [2.24, 2.45) is 5.73 Å². The van der Waals surface area contributed by atoms with Gasteiger partial charge in [-0.2, -0.15) is 0 Å². The molecule has 0 aliphatic carbocycles. The number of aromatic nitrogens is 1. The van der Waals surface area contributed by atoms with E-state index >= 15 is 0 Å². The largest absolute Gasteiger partial charge is 0.366 e. The Hall–Kier alpha value is -2.29. The lowest BCUT2D eigenvalue weighted by atomic mass is 10.0. The zero-order chi connectivity index (χ0) is 14.9. The number of amides is 1. The van der Waals surface area contributed by atoms with Gasteiger partial charge < -0.3 is 10.3 Å². The second-order valence-corrected chi connectivity index (χ2v) is 5.11. The molecule has 0 radical (unpaired) electrons. The highest BCUT2D eigenvalue weighted by Crippen LogP contribution is 2.29. The van der Waals surface area contributed by atoms with Crippen LogP contribution in [-0.4, -0.2) is 10.5 Å². The van der Waals surface area contributed by atoms with E-state index < -0.39 is 5.91 Å². The molecule has 2 rings (SSSR count). The van der Waals surface area contributed by atoms with E-state index in [9.17, 15) is 4.79 Å². The minimum atomic E-state index is -0.392. The zero-order valence-corrected chi connectivity index (χ0v) is 12.2. The van der Waals surface area contributed by atoms with Crippen molar-refractivity contribution in [3.05, 3.63) is 59.3 Å². The number of hydrogen-bond acceptors (Lipinski definition) is 1. The summed E-state index contributed by atoms with van der Waals surface area (Å²) in [5.74, 6) is -0.392. The summed E-state index contributed by atoms with van der Waals surface area (Å²) < 4.78 is 2.07. The fraction of sp³-hybridized carbons (Fsp3) is 0.235. The lowest BCUT2D eigenvalue weighted by molar-refractivity contribution is 0.0999. The van der Waals surface area contributed by atoms with Gasteiger partial charge in [-0.1, -0.05) is 29.8 Å². The fourth-order valence-electron chi connectivity index (χ4n) is 2.58. The van der Waals surface area contributed by atoms with Gasteiger partial charge in [0, 0.05) is 23.5 Å². The van der Waals surface area contributed by atoms with Gasteiger partial charge in [-0.15, -0.1) is 6.58 Å². The van der Waals surface area contributed by atoms with Crippen LogP contribution >= 0.6 is 0 Å². The van der Waals surface area contributed by atoms with Crippen molar-refractivity contribution in [3.63, 3.8) is 0 Å². The van der Waals surface area contributed by atoms with Crippen LogP contribution in [0.3, 0.4) is 0 Å². The molecule has 3 nitrogen and oxygen atoms in total. The molecule has 1 amide bonds. The monoisotopic (exact) mass is 268 g/mol. The minimum absolute atomic E-state index is 0.392. The van der Waals surface area contributed by atoms with Crippen LogP contribution < -0.4 is 5.73 Å². The lowest BCUT2D eigenvalue weighted by Gasteiger charge is -2.12. The van der Waals surface area contributed by atoms with Gasteiger partial charge in [-0.3, -0.25) is 4.79 Å². The highest BCUT2D eigenvalue weighted by atomic mass is 16.1. The summed E-state index contributed by atoms with van der Waals surface area (Å²) in [4.78, 5) is 11.5. The second-order valence-electron chi connectivity index (χ2n) is 5.11. The molecular weight excluding hydrogens is 248 g/mol. The Labute approximate surface area is 119 Å². The predicted molar refractivity (Wildman–Crippen MR) is 82.8 cm³/mol. The Balaban J connectivity index is 2.69. The Morgan fingerprint density at radius 3 is 2.55 bits per heavy atom. The van der Waals surface area contributed by atoms with Crippen molar-refractivity contribution in [2.75, 3.05) is 0 Å². The van der Waals surface area contributed by atoms with E-state index in [4.69, 9.17) is 5.73 Å². The first-order chi connectivity index (χ1) is 9.45. The van der Waals surface area contributed by atoms with Crippen LogP contribution in [0.2, 0.25) is 0 Å². The molecule has 0 aliphatic rings. The number of aryl methyl sites for hydroxylation is 2. The summed E-state index contributed by atoms with van der Waals surface area (Å²) in [5, 5.41) is 0. The predicted octanol–water partition coefficient (Wildman–Crippen LogP) is 3.37. The molecule has 3 heteroatoms. The fourth-order valence-corrected chi connectivity index (χ4v) is 2.58. The van der Waals surface area contributed by atoms with E-state index in [0.717, 1.165) is 17.0 Å². The molecule has 20 heavy (non-hydrogen) atoms. The molecule has 2 N–H and O–H groups in total. The molecule has 1 aromatic carbocycles. The Kier molecular flexibility index (Phi) is 3.79. The zero-order valence-electron chi connectivity index (χ0n) is 12.2. The number of primary amides is 1. The van der Waals surface area contributed by atoms with Gasteiger partial charge in [0.05, 0.1) is 5.56 Å². The van der Waals surface area contributed by atoms with Gasteiger partial charge in [0.25, 0.3) is 5.91 Å². The summed E-state index contributed by atoms with van der Waals surface area (Å²) in [6, 6.07) is 8.18. The van der Waals surface area contributed by atoms with Gasteiger partial charge in [-0.25, -0.2) is 0 Å². The van der Waals surface area contributed by atoms with E-state index in [1.807, 2.05) is 19.1 Å². The van der Waals surface area contributed by atoms with Gasteiger partial charge in [0.1, 0.15) is 0 Å². The van der Waals surface area contributed by atoms with Gasteiger partial charge in [0.2, 0.25) is 0 Å². The molecule has 0 aliphatic heterocycles. The average molecular weight is 268 g/mol. The second kappa shape index (κ2) is 5.37. The smallest absolute Gasteiger partial charge is 0.250 e. The summed E-state index contributed by atoms with van der Waals surface area (Å²) in [7, 11) is 0. The van der Waals surface area contributed by atoms with Crippen LogP contribution in [0.25, 0.3) is 11.3 Å². The number of rotatable bonds is 4. The number of hydrogen-bond donors (Lipinski definition) is 1. The SMILES string of the molecule is C=CCn1c(-c2ccc(C)cc2C)cc(C(N)=O)c1C. The first-order valence-electron chi connectivity index (χ1n) is 6.64. The van der Waals surface area contributed by atoms with Crippen LogP contribution in [0.5, 0.6) is 0 Å². The molecule has 0 fully saturated rings. The van der Waals surface area contributed by atoms with E-state index in [-0.39, 0.29) is 0 Å². The highest BCUT2D eigenvalue weighted by Gasteiger charge is 2.16. The standard InChI is InChI=1S/C17H20N2O/c1-5-8-19-13(4)15(17(18)20)10-16(19)14-7-6-11(2)9-12(14)3/h5-7,9-10H,1,8H2,2-4H3,(H2,18,20). The van der Waals surface area contributed by atoms with E-state index in [2.05, 4.69) is 43.2 Å². The van der Waals surface area contributed by atoms with E-state index in [0.29, 0.717) is 12.1 Å². The first-order valence-corrected chi connectivity index (χ1v) is 6.64. The van der Waals surface area contributed by atoms with Gasteiger partial charge >= 0.3 is 0 Å². The number of allylic oxidation sites excluding steroid dienone is 1. The molecule has 1 aromatic heterocycles. The highest BCUT2D eigenvalue weighted by molar-refractivity contribution is 5.95. The van der Waals surface area contributed by atoms with Gasteiger partial charge in [0.15, 0.2) is 0 Å². The molecule has 0 unspecified atom stereocenters. The molecule has 0 atom stereocenters. The third-order valence-corrected chi connectivity index (χ3v) is 3.60. The number of benzene rings is 1. The summed E-state index contributed by atoms with van der Waals surface area (Å²) in [5.41, 5.74) is 11.4. The summed E-state index contributed by atoms with van der Waals surface area (Å²) >= 11 is 0. The van der Waals surface area contributed by atoms with Crippen molar-refractivity contribution < 1.29 is 4.79 Å². The average Bonchev–Trinajstić information content (AvgIpc) is 2.68. The maximum atomic E-state index is 11.5. The topological polar surface area (TPSA) is 48.0 Å². The lowest BCUT2D eigenvalue weighted by Crippen LogP contribution is -2.12. The quantitative estimate of drug-likeness (QED) is 0.849. The van der Waals surface area contributed by atoms with E-state index in [1.54, 1.807) is 0 Å². The number of nitrogens with zero attached hydrogens (tertiary/aromatic N) is 1. The van der Waals surface area contributed by atoms with E-state index in [1.165, 1.54) is 11.1 Å². The van der Waals surface area contributed by atoms with Crippen LogP contribution in [0.15, 0.2) is 36.9 Å². The molecule has 104 valence electrons. The maximum Gasteiger partial charge on any atom is 0.250 e. The van der Waals surface area contributed by atoms with Crippen LogP contribution in [-0.2, 0) is 6.54 Å². The van der Waals surface area contributed by atoms with Crippen molar-refractivity contribution >= 4 is 5.91 Å².